The SMILES string of the molecule is CCc1ccccc1NC(=O)CN(C)CC(=O)Nc1cc(Cl)ccc1C#N. The van der Waals surface area contributed by atoms with E-state index in [1.807, 2.05) is 37.3 Å². The molecule has 0 saturated heterocycles. The molecule has 2 aromatic rings. The van der Waals surface area contributed by atoms with Crippen molar-refractivity contribution in [2.45, 2.75) is 13.3 Å². The minimum absolute atomic E-state index is 0.000225. The van der Waals surface area contributed by atoms with E-state index in [4.69, 9.17) is 16.9 Å². The Hall–Kier alpha value is -2.88. The summed E-state index contributed by atoms with van der Waals surface area (Å²) in [5.74, 6) is -0.537. The van der Waals surface area contributed by atoms with Gasteiger partial charge < -0.3 is 10.6 Å². The highest BCUT2D eigenvalue weighted by molar-refractivity contribution is 6.31. The standard InChI is InChI=1S/C20H21ClN4O2/c1-3-14-6-4-5-7-17(14)23-19(26)12-25(2)13-20(27)24-18-10-16(21)9-8-15(18)11-22/h4-10H,3,12-13H2,1-2H3,(H,23,26)(H,24,27). The van der Waals surface area contributed by atoms with Gasteiger partial charge >= 0.3 is 0 Å². The van der Waals surface area contributed by atoms with E-state index in [2.05, 4.69) is 10.6 Å². The number of rotatable bonds is 7. The quantitative estimate of drug-likeness (QED) is 0.767. The zero-order valence-electron chi connectivity index (χ0n) is 15.3. The van der Waals surface area contributed by atoms with Gasteiger partial charge in [0, 0.05) is 10.7 Å². The summed E-state index contributed by atoms with van der Waals surface area (Å²) in [6, 6.07) is 14.3. The lowest BCUT2D eigenvalue weighted by atomic mass is 10.1. The van der Waals surface area contributed by atoms with Gasteiger partial charge in [-0.1, -0.05) is 36.7 Å². The predicted molar refractivity (Wildman–Crippen MR) is 107 cm³/mol. The fourth-order valence-corrected chi connectivity index (χ4v) is 2.77. The van der Waals surface area contributed by atoms with Crippen LogP contribution >= 0.6 is 11.6 Å². The monoisotopic (exact) mass is 384 g/mol. The normalized spacial score (nSPS) is 10.3. The molecule has 0 unspecified atom stereocenters. The molecule has 0 saturated carbocycles. The highest BCUT2D eigenvalue weighted by Gasteiger charge is 2.13. The van der Waals surface area contributed by atoms with Crippen LogP contribution in [0.2, 0.25) is 5.02 Å². The molecular weight excluding hydrogens is 364 g/mol. The molecular formula is C20H21ClN4O2. The molecule has 0 aromatic heterocycles. The first-order chi connectivity index (χ1) is 12.9. The number of hydrogen-bond acceptors (Lipinski definition) is 4. The number of aryl methyl sites for hydroxylation is 1. The van der Waals surface area contributed by atoms with E-state index >= 15 is 0 Å². The predicted octanol–water partition coefficient (Wildman–Crippen LogP) is 3.28. The van der Waals surface area contributed by atoms with Crippen LogP contribution < -0.4 is 10.6 Å². The van der Waals surface area contributed by atoms with Crippen LogP contribution in [0.3, 0.4) is 0 Å². The number of likely N-dealkylation sites (N-methyl/N-ethyl adjacent to an activating group) is 1. The zero-order chi connectivity index (χ0) is 19.8. The largest absolute Gasteiger partial charge is 0.325 e. The van der Waals surface area contributed by atoms with E-state index in [1.165, 1.54) is 6.07 Å². The number of para-hydroxylation sites is 1. The van der Waals surface area contributed by atoms with Crippen molar-refractivity contribution >= 4 is 34.8 Å². The first kappa shape index (κ1) is 20.4. The molecule has 0 aliphatic rings. The third-order valence-electron chi connectivity index (χ3n) is 3.88. The summed E-state index contributed by atoms with van der Waals surface area (Å²) in [5.41, 5.74) is 2.51. The number of carbonyl (C=O) groups is 2. The van der Waals surface area contributed by atoms with Gasteiger partial charge in [-0.25, -0.2) is 0 Å². The summed E-state index contributed by atoms with van der Waals surface area (Å²) >= 11 is 5.91. The van der Waals surface area contributed by atoms with E-state index in [0.717, 1.165) is 17.7 Å². The fourth-order valence-electron chi connectivity index (χ4n) is 2.59. The molecule has 2 rings (SSSR count). The Balaban J connectivity index is 1.90. The van der Waals surface area contributed by atoms with Crippen molar-refractivity contribution in [1.82, 2.24) is 4.90 Å². The van der Waals surface area contributed by atoms with E-state index in [0.29, 0.717) is 16.3 Å². The minimum Gasteiger partial charge on any atom is -0.325 e. The van der Waals surface area contributed by atoms with Crippen LogP contribution in [0.5, 0.6) is 0 Å². The van der Waals surface area contributed by atoms with Crippen molar-refractivity contribution in [2.75, 3.05) is 30.8 Å². The molecule has 27 heavy (non-hydrogen) atoms. The highest BCUT2D eigenvalue weighted by Crippen LogP contribution is 2.20. The molecule has 2 amide bonds. The van der Waals surface area contributed by atoms with Gasteiger partial charge in [0.15, 0.2) is 0 Å². The second-order valence-electron chi connectivity index (χ2n) is 6.08. The van der Waals surface area contributed by atoms with E-state index in [-0.39, 0.29) is 24.9 Å². The van der Waals surface area contributed by atoms with Gasteiger partial charge in [0.25, 0.3) is 0 Å². The second-order valence-corrected chi connectivity index (χ2v) is 6.52. The Morgan fingerprint density at radius 3 is 2.33 bits per heavy atom. The molecule has 0 radical (unpaired) electrons. The fraction of sp³-hybridized carbons (Fsp3) is 0.250. The Morgan fingerprint density at radius 2 is 1.70 bits per heavy atom. The molecule has 6 nitrogen and oxygen atoms in total. The Morgan fingerprint density at radius 1 is 1.07 bits per heavy atom. The summed E-state index contributed by atoms with van der Waals surface area (Å²) in [6.45, 7) is 2.08. The lowest BCUT2D eigenvalue weighted by molar-refractivity contribution is -0.119. The lowest BCUT2D eigenvalue weighted by Crippen LogP contribution is -2.36. The number of nitrogens with one attached hydrogen (secondary N) is 2. The number of benzene rings is 2. The molecule has 0 heterocycles. The maximum Gasteiger partial charge on any atom is 0.238 e. The van der Waals surface area contributed by atoms with Gasteiger partial charge in [-0.3, -0.25) is 14.5 Å². The number of carbonyl (C=O) groups excluding carboxylic acids is 2. The van der Waals surface area contributed by atoms with Crippen LogP contribution in [0, 0.1) is 11.3 Å². The molecule has 0 aliphatic heterocycles. The summed E-state index contributed by atoms with van der Waals surface area (Å²) in [7, 11) is 1.67. The number of nitrogens with zero attached hydrogens (tertiary/aromatic N) is 2. The van der Waals surface area contributed by atoms with Crippen LogP contribution in [-0.4, -0.2) is 36.9 Å². The maximum atomic E-state index is 12.2. The Kier molecular flexibility index (Phi) is 7.35. The van der Waals surface area contributed by atoms with Crippen molar-refractivity contribution in [3.05, 3.63) is 58.6 Å². The first-order valence-electron chi connectivity index (χ1n) is 8.48. The molecule has 140 valence electrons. The van der Waals surface area contributed by atoms with Gasteiger partial charge in [-0.2, -0.15) is 5.26 Å². The topological polar surface area (TPSA) is 85.2 Å². The number of hydrogen-bond donors (Lipinski definition) is 2. The first-order valence-corrected chi connectivity index (χ1v) is 8.86. The number of amides is 2. The van der Waals surface area contributed by atoms with Gasteiger partial charge in [-0.15, -0.1) is 0 Å². The molecule has 2 N–H and O–H groups in total. The van der Waals surface area contributed by atoms with Crippen LogP contribution in [0.1, 0.15) is 18.1 Å². The average molecular weight is 385 g/mol. The number of halogens is 1. The van der Waals surface area contributed by atoms with E-state index in [1.54, 1.807) is 24.1 Å². The summed E-state index contributed by atoms with van der Waals surface area (Å²) < 4.78 is 0. The molecule has 0 spiro atoms. The molecule has 7 heteroatoms. The van der Waals surface area contributed by atoms with Gasteiger partial charge in [0.05, 0.1) is 24.3 Å². The van der Waals surface area contributed by atoms with Crippen molar-refractivity contribution < 1.29 is 9.59 Å². The van der Waals surface area contributed by atoms with Crippen LogP contribution in [0.25, 0.3) is 0 Å². The number of anilines is 2. The van der Waals surface area contributed by atoms with Gasteiger partial charge in [0.2, 0.25) is 11.8 Å². The third-order valence-corrected chi connectivity index (χ3v) is 4.11. The zero-order valence-corrected chi connectivity index (χ0v) is 16.0. The maximum absolute atomic E-state index is 12.2. The average Bonchev–Trinajstić information content (AvgIpc) is 2.62. The van der Waals surface area contributed by atoms with Crippen LogP contribution in [0.4, 0.5) is 11.4 Å². The number of nitriles is 1. The summed E-state index contributed by atoms with van der Waals surface area (Å²) in [4.78, 5) is 26.0. The van der Waals surface area contributed by atoms with Gasteiger partial charge in [-0.05, 0) is 43.3 Å². The van der Waals surface area contributed by atoms with Crippen molar-refractivity contribution in [3.63, 3.8) is 0 Å². The molecule has 0 bridgehead atoms. The van der Waals surface area contributed by atoms with Crippen LogP contribution in [-0.2, 0) is 16.0 Å². The molecule has 0 fully saturated rings. The smallest absolute Gasteiger partial charge is 0.238 e. The van der Waals surface area contributed by atoms with E-state index in [9.17, 15) is 9.59 Å². The summed E-state index contributed by atoms with van der Waals surface area (Å²) in [5, 5.41) is 15.0. The van der Waals surface area contributed by atoms with Gasteiger partial charge in [0.1, 0.15) is 6.07 Å². The highest BCUT2D eigenvalue weighted by atomic mass is 35.5. The molecule has 0 aliphatic carbocycles. The van der Waals surface area contributed by atoms with Crippen molar-refractivity contribution in [3.8, 4) is 6.07 Å². The third kappa shape index (κ3) is 6.10. The molecule has 0 atom stereocenters. The second kappa shape index (κ2) is 9.72. The van der Waals surface area contributed by atoms with Crippen molar-refractivity contribution in [2.24, 2.45) is 0 Å². The Labute approximate surface area is 163 Å². The minimum atomic E-state index is -0.335. The lowest BCUT2D eigenvalue weighted by Gasteiger charge is -2.17. The van der Waals surface area contributed by atoms with Crippen LogP contribution in [0.15, 0.2) is 42.5 Å². The van der Waals surface area contributed by atoms with Crippen molar-refractivity contribution in [1.29, 1.82) is 5.26 Å². The Bertz CT molecular complexity index is 877. The summed E-state index contributed by atoms with van der Waals surface area (Å²) in [6.07, 6.45) is 0.815. The molecule has 2 aromatic carbocycles. The van der Waals surface area contributed by atoms with E-state index < -0.39 is 0 Å².